The van der Waals surface area contributed by atoms with E-state index in [9.17, 15) is 24.0 Å². The van der Waals surface area contributed by atoms with Crippen LogP contribution in [0.1, 0.15) is 32.6 Å². The van der Waals surface area contributed by atoms with Gasteiger partial charge < -0.3 is 18.9 Å². The Kier molecular flexibility index (Phi) is 7.38. The lowest BCUT2D eigenvalue weighted by atomic mass is 10.1. The minimum Gasteiger partial charge on any atom is -0.463 e. The fourth-order valence-corrected chi connectivity index (χ4v) is 3.42. The molecular formula is C21H23N3O9. The molecule has 1 fully saturated rings. The fourth-order valence-electron chi connectivity index (χ4n) is 3.42. The second kappa shape index (κ2) is 10.2. The maximum absolute atomic E-state index is 13.2. The average Bonchev–Trinajstić information content (AvgIpc) is 3.06. The van der Waals surface area contributed by atoms with E-state index in [2.05, 4.69) is 5.10 Å². The molecule has 1 aliphatic heterocycles. The lowest BCUT2D eigenvalue weighted by molar-refractivity contribution is -0.166. The van der Waals surface area contributed by atoms with E-state index >= 15 is 0 Å². The molecule has 1 aromatic heterocycles. The van der Waals surface area contributed by atoms with Crippen molar-refractivity contribution < 1.29 is 33.3 Å². The highest BCUT2D eigenvalue weighted by Gasteiger charge is 2.51. The highest BCUT2D eigenvalue weighted by atomic mass is 16.7. The molecule has 3 rings (SSSR count). The van der Waals surface area contributed by atoms with E-state index in [4.69, 9.17) is 18.9 Å². The number of nitrogens with zero attached hydrogens (tertiary/aromatic N) is 3. The van der Waals surface area contributed by atoms with E-state index in [1.54, 1.807) is 30.3 Å². The molecule has 0 N–H and O–H groups in total. The zero-order chi connectivity index (χ0) is 24.1. The van der Waals surface area contributed by atoms with Crippen LogP contribution in [0.25, 0.3) is 0 Å². The van der Waals surface area contributed by atoms with Crippen LogP contribution >= 0.6 is 0 Å². The topological polar surface area (TPSA) is 145 Å². The van der Waals surface area contributed by atoms with E-state index in [1.807, 2.05) is 0 Å². The van der Waals surface area contributed by atoms with Crippen molar-refractivity contribution in [3.8, 4) is 0 Å². The van der Waals surface area contributed by atoms with Crippen LogP contribution in [0.5, 0.6) is 0 Å². The number of carbonyl (C=O) groups is 3. The van der Waals surface area contributed by atoms with Gasteiger partial charge in [-0.15, -0.1) is 0 Å². The Morgan fingerprint density at radius 3 is 2.21 bits per heavy atom. The van der Waals surface area contributed by atoms with Gasteiger partial charge >= 0.3 is 23.6 Å². The summed E-state index contributed by atoms with van der Waals surface area (Å²) >= 11 is 0. The van der Waals surface area contributed by atoms with Gasteiger partial charge in [0.05, 0.1) is 6.54 Å². The summed E-state index contributed by atoms with van der Waals surface area (Å²) in [5.41, 5.74) is -0.776. The molecule has 0 bridgehead atoms. The summed E-state index contributed by atoms with van der Waals surface area (Å²) in [6.07, 6.45) is -3.97. The number of hydrogen-bond donors (Lipinski definition) is 0. The number of hydrogen-bond acceptors (Lipinski definition) is 10. The number of aromatic nitrogens is 3. The van der Waals surface area contributed by atoms with Crippen LogP contribution in [-0.2, 0) is 39.9 Å². The van der Waals surface area contributed by atoms with Crippen molar-refractivity contribution >= 4 is 17.9 Å². The summed E-state index contributed by atoms with van der Waals surface area (Å²) in [6, 6.07) is 8.82. The summed E-state index contributed by atoms with van der Waals surface area (Å²) in [7, 11) is 0. The third kappa shape index (κ3) is 5.71. The average molecular weight is 461 g/mol. The Balaban J connectivity index is 2.02. The van der Waals surface area contributed by atoms with Gasteiger partial charge in [0, 0.05) is 20.8 Å². The van der Waals surface area contributed by atoms with Gasteiger partial charge in [-0.3, -0.25) is 23.7 Å². The Morgan fingerprint density at radius 2 is 1.61 bits per heavy atom. The second-order valence-corrected chi connectivity index (χ2v) is 7.30. The van der Waals surface area contributed by atoms with Crippen molar-refractivity contribution in [2.45, 2.75) is 51.9 Å². The van der Waals surface area contributed by atoms with E-state index in [0.717, 1.165) is 29.3 Å². The zero-order valence-corrected chi connectivity index (χ0v) is 18.2. The Morgan fingerprint density at radius 1 is 0.970 bits per heavy atom. The van der Waals surface area contributed by atoms with Gasteiger partial charge in [-0.25, -0.2) is 4.79 Å². The summed E-state index contributed by atoms with van der Waals surface area (Å²) < 4.78 is 23.1. The molecule has 1 aromatic carbocycles. The number of ether oxygens (including phenoxy) is 4. The molecule has 12 heteroatoms. The zero-order valence-electron chi connectivity index (χ0n) is 18.2. The summed E-state index contributed by atoms with van der Waals surface area (Å²) in [4.78, 5) is 60.2. The number of carbonyl (C=O) groups excluding carboxylic acids is 3. The van der Waals surface area contributed by atoms with Crippen molar-refractivity contribution in [1.82, 2.24) is 14.3 Å². The van der Waals surface area contributed by atoms with Crippen molar-refractivity contribution in [1.29, 1.82) is 0 Å². The third-order valence-electron chi connectivity index (χ3n) is 4.75. The maximum Gasteiger partial charge on any atom is 0.350 e. The van der Waals surface area contributed by atoms with E-state index in [1.165, 1.54) is 6.92 Å². The molecule has 33 heavy (non-hydrogen) atoms. The van der Waals surface area contributed by atoms with E-state index in [-0.39, 0.29) is 13.2 Å². The quantitative estimate of drug-likeness (QED) is 0.401. The van der Waals surface area contributed by atoms with Crippen LogP contribution in [0.2, 0.25) is 0 Å². The van der Waals surface area contributed by atoms with Crippen LogP contribution in [0, 0.1) is 0 Å². The molecule has 0 aliphatic carbocycles. The molecule has 4 atom stereocenters. The molecule has 0 radical (unpaired) electrons. The normalized spacial score (nSPS) is 21.9. The van der Waals surface area contributed by atoms with Gasteiger partial charge in [0.2, 0.25) is 0 Å². The number of esters is 3. The van der Waals surface area contributed by atoms with E-state index < -0.39 is 53.7 Å². The molecule has 0 saturated carbocycles. The first kappa shape index (κ1) is 23.9. The van der Waals surface area contributed by atoms with Gasteiger partial charge in [-0.2, -0.15) is 9.78 Å². The van der Waals surface area contributed by atoms with Crippen LogP contribution in [-0.4, -0.2) is 57.2 Å². The Bertz CT molecular complexity index is 1140. The highest BCUT2D eigenvalue weighted by molar-refractivity contribution is 5.68. The molecule has 0 spiro atoms. The van der Waals surface area contributed by atoms with Crippen LogP contribution < -0.4 is 11.2 Å². The maximum atomic E-state index is 13.2. The molecule has 0 unspecified atom stereocenters. The number of benzene rings is 1. The molecule has 12 nitrogen and oxygen atoms in total. The molecule has 1 aliphatic rings. The first-order valence-electron chi connectivity index (χ1n) is 10.0. The SMILES string of the molecule is CC(=O)OC[C@H]1O[C@H](n2ncc(=O)n(Cc3ccccc3)c2=O)[C@@H](OC(C)=O)[C@H]1OC(C)=O. The molecule has 0 amide bonds. The first-order valence-corrected chi connectivity index (χ1v) is 10.0. The third-order valence-corrected chi connectivity index (χ3v) is 4.75. The molecule has 176 valence electrons. The van der Waals surface area contributed by atoms with Crippen molar-refractivity contribution in [3.05, 3.63) is 62.9 Å². The predicted octanol–water partition coefficient (Wildman–Crippen LogP) is -0.223. The van der Waals surface area contributed by atoms with Gasteiger partial charge in [0.1, 0.15) is 18.9 Å². The van der Waals surface area contributed by atoms with Crippen LogP contribution in [0.3, 0.4) is 0 Å². The van der Waals surface area contributed by atoms with Crippen molar-refractivity contribution in [3.63, 3.8) is 0 Å². The molecular weight excluding hydrogens is 438 g/mol. The van der Waals surface area contributed by atoms with Crippen molar-refractivity contribution in [2.75, 3.05) is 6.61 Å². The lowest BCUT2D eigenvalue weighted by Gasteiger charge is -2.23. The van der Waals surface area contributed by atoms with E-state index in [0.29, 0.717) is 5.56 Å². The minimum atomic E-state index is -1.35. The van der Waals surface area contributed by atoms with Crippen molar-refractivity contribution in [2.24, 2.45) is 0 Å². The molecule has 1 saturated heterocycles. The Hall–Kier alpha value is -3.80. The van der Waals surface area contributed by atoms with Gasteiger partial charge in [0.25, 0.3) is 5.56 Å². The van der Waals surface area contributed by atoms with Crippen LogP contribution in [0.15, 0.2) is 46.1 Å². The standard InChI is InChI=1S/C21H23N3O9/c1-12(25)30-11-16-18(31-13(2)26)19(32-14(3)27)20(33-16)24-21(29)23(17(28)9-22-24)10-15-7-5-4-6-8-15/h4-9,16,18-20H,10-11H2,1-3H3/t16-,18+,19+,20+/m1/s1. The van der Waals surface area contributed by atoms with Gasteiger partial charge in [0.15, 0.2) is 18.4 Å². The monoisotopic (exact) mass is 461 g/mol. The smallest absolute Gasteiger partial charge is 0.350 e. The largest absolute Gasteiger partial charge is 0.463 e. The molecule has 2 aromatic rings. The molecule has 2 heterocycles. The van der Waals surface area contributed by atoms with Gasteiger partial charge in [-0.05, 0) is 5.56 Å². The highest BCUT2D eigenvalue weighted by Crippen LogP contribution is 2.33. The Labute approximate surface area is 187 Å². The fraction of sp³-hybridized carbons (Fsp3) is 0.429. The number of rotatable bonds is 7. The van der Waals surface area contributed by atoms with Crippen LogP contribution in [0.4, 0.5) is 0 Å². The summed E-state index contributed by atoms with van der Waals surface area (Å²) in [6.45, 7) is 3.10. The minimum absolute atomic E-state index is 0.0315. The predicted molar refractivity (Wildman–Crippen MR) is 110 cm³/mol. The summed E-state index contributed by atoms with van der Waals surface area (Å²) in [5.74, 6) is -2.05. The van der Waals surface area contributed by atoms with Gasteiger partial charge in [-0.1, -0.05) is 30.3 Å². The first-order chi connectivity index (χ1) is 15.7. The summed E-state index contributed by atoms with van der Waals surface area (Å²) in [5, 5.41) is 3.87. The second-order valence-electron chi connectivity index (χ2n) is 7.30. The lowest BCUT2D eigenvalue weighted by Crippen LogP contribution is -2.46.